The van der Waals surface area contributed by atoms with Crippen molar-refractivity contribution in [2.45, 2.75) is 26.1 Å². The molecule has 1 aromatic carbocycles. The molecule has 2 aromatic rings. The van der Waals surface area contributed by atoms with Crippen LogP contribution in [0.15, 0.2) is 35.1 Å². The van der Waals surface area contributed by atoms with Crippen LogP contribution in [0.5, 0.6) is 0 Å². The molecule has 0 aliphatic heterocycles. The minimum Gasteiger partial charge on any atom is -0.313 e. The van der Waals surface area contributed by atoms with Crippen molar-refractivity contribution >= 4 is 15.9 Å². The first-order chi connectivity index (χ1) is 9.91. The van der Waals surface area contributed by atoms with Crippen LogP contribution in [0.2, 0.25) is 0 Å². The number of benzene rings is 1. The lowest BCUT2D eigenvalue weighted by atomic mass is 10.1. The van der Waals surface area contributed by atoms with Crippen LogP contribution in [0.25, 0.3) is 5.69 Å². The summed E-state index contributed by atoms with van der Waals surface area (Å²) in [7, 11) is 0. The van der Waals surface area contributed by atoms with Crippen molar-refractivity contribution in [3.63, 3.8) is 0 Å². The molecule has 0 unspecified atom stereocenters. The summed E-state index contributed by atoms with van der Waals surface area (Å²) in [6.45, 7) is 3.20. The Hall–Kier alpha value is -1.34. The van der Waals surface area contributed by atoms with E-state index in [9.17, 15) is 13.2 Å². The van der Waals surface area contributed by atoms with E-state index in [1.165, 1.54) is 29.2 Å². The molecule has 21 heavy (non-hydrogen) atoms. The molecule has 0 aliphatic rings. The van der Waals surface area contributed by atoms with Crippen molar-refractivity contribution in [3.05, 3.63) is 46.2 Å². The first kappa shape index (κ1) is 16.0. The zero-order valence-corrected chi connectivity index (χ0v) is 13.0. The fourth-order valence-electron chi connectivity index (χ4n) is 1.96. The Morgan fingerprint density at radius 3 is 2.67 bits per heavy atom. The Morgan fingerprint density at radius 1 is 1.33 bits per heavy atom. The summed E-state index contributed by atoms with van der Waals surface area (Å²) in [5.41, 5.74) is -0.0629. The Labute approximate surface area is 129 Å². The SMILES string of the molecule is CCCNCc1ccc(-n2cc(Br)cn2)c(C(F)(F)F)c1. The topological polar surface area (TPSA) is 29.9 Å². The van der Waals surface area contributed by atoms with Gasteiger partial charge in [-0.05, 0) is 46.6 Å². The summed E-state index contributed by atoms with van der Waals surface area (Å²) in [6.07, 6.45) is -0.531. The molecular formula is C14H15BrF3N3. The van der Waals surface area contributed by atoms with E-state index in [0.29, 0.717) is 16.6 Å². The molecule has 0 atom stereocenters. The highest BCUT2D eigenvalue weighted by atomic mass is 79.9. The average molecular weight is 362 g/mol. The Bertz CT molecular complexity index is 608. The van der Waals surface area contributed by atoms with E-state index >= 15 is 0 Å². The predicted octanol–water partition coefficient (Wildman–Crippen LogP) is 4.15. The third-order valence-electron chi connectivity index (χ3n) is 2.92. The van der Waals surface area contributed by atoms with Crippen molar-refractivity contribution in [1.29, 1.82) is 0 Å². The molecule has 0 amide bonds. The van der Waals surface area contributed by atoms with Crippen LogP contribution < -0.4 is 5.32 Å². The normalized spacial score (nSPS) is 11.9. The summed E-state index contributed by atoms with van der Waals surface area (Å²) in [6, 6.07) is 4.31. The molecule has 1 aromatic heterocycles. The van der Waals surface area contributed by atoms with Gasteiger partial charge in [-0.2, -0.15) is 18.3 Å². The highest BCUT2D eigenvalue weighted by Crippen LogP contribution is 2.34. The van der Waals surface area contributed by atoms with Gasteiger partial charge in [0.05, 0.1) is 21.9 Å². The van der Waals surface area contributed by atoms with Crippen molar-refractivity contribution < 1.29 is 13.2 Å². The summed E-state index contributed by atoms with van der Waals surface area (Å²) in [5, 5.41) is 7.02. The lowest BCUT2D eigenvalue weighted by Gasteiger charge is -2.15. The molecule has 1 N–H and O–H groups in total. The van der Waals surface area contributed by atoms with Crippen LogP contribution >= 0.6 is 15.9 Å². The summed E-state index contributed by atoms with van der Waals surface area (Å²) in [5.74, 6) is 0. The van der Waals surface area contributed by atoms with Gasteiger partial charge in [-0.1, -0.05) is 13.0 Å². The first-order valence-electron chi connectivity index (χ1n) is 6.53. The van der Waals surface area contributed by atoms with Gasteiger partial charge in [0.2, 0.25) is 0 Å². The number of hydrogen-bond donors (Lipinski definition) is 1. The van der Waals surface area contributed by atoms with Gasteiger partial charge in [-0.3, -0.25) is 0 Å². The molecule has 0 aliphatic carbocycles. The molecule has 0 saturated carbocycles. The maximum atomic E-state index is 13.2. The van der Waals surface area contributed by atoms with Crippen LogP contribution in [-0.2, 0) is 12.7 Å². The molecule has 0 fully saturated rings. The number of rotatable bonds is 5. The van der Waals surface area contributed by atoms with E-state index in [-0.39, 0.29) is 5.69 Å². The van der Waals surface area contributed by atoms with Crippen LogP contribution in [0.3, 0.4) is 0 Å². The van der Waals surface area contributed by atoms with Gasteiger partial charge in [0.15, 0.2) is 0 Å². The third-order valence-corrected chi connectivity index (χ3v) is 3.33. The van der Waals surface area contributed by atoms with E-state index in [0.717, 1.165) is 13.0 Å². The molecule has 0 spiro atoms. The zero-order valence-electron chi connectivity index (χ0n) is 11.4. The molecule has 0 radical (unpaired) electrons. The number of nitrogens with zero attached hydrogens (tertiary/aromatic N) is 2. The van der Waals surface area contributed by atoms with Gasteiger partial charge in [0.1, 0.15) is 0 Å². The second-order valence-electron chi connectivity index (χ2n) is 4.63. The molecule has 7 heteroatoms. The molecule has 114 valence electrons. The van der Waals surface area contributed by atoms with Crippen LogP contribution in [-0.4, -0.2) is 16.3 Å². The second kappa shape index (κ2) is 6.62. The average Bonchev–Trinajstić information content (AvgIpc) is 2.84. The number of halogens is 4. The maximum absolute atomic E-state index is 13.2. The summed E-state index contributed by atoms with van der Waals surface area (Å²) < 4.78 is 41.6. The highest BCUT2D eigenvalue weighted by molar-refractivity contribution is 9.10. The highest BCUT2D eigenvalue weighted by Gasteiger charge is 2.34. The lowest BCUT2D eigenvalue weighted by molar-refractivity contribution is -0.137. The van der Waals surface area contributed by atoms with Crippen molar-refractivity contribution in [3.8, 4) is 5.69 Å². The van der Waals surface area contributed by atoms with Crippen LogP contribution in [0.4, 0.5) is 13.2 Å². The minimum atomic E-state index is -4.42. The van der Waals surface area contributed by atoms with Crippen LogP contribution in [0.1, 0.15) is 24.5 Å². The Balaban J connectivity index is 2.37. The summed E-state index contributed by atoms with van der Waals surface area (Å²) >= 11 is 3.19. The van der Waals surface area contributed by atoms with E-state index in [1.54, 1.807) is 6.07 Å². The fraction of sp³-hybridized carbons (Fsp3) is 0.357. The first-order valence-corrected chi connectivity index (χ1v) is 7.32. The van der Waals surface area contributed by atoms with E-state index in [4.69, 9.17) is 0 Å². The smallest absolute Gasteiger partial charge is 0.313 e. The monoisotopic (exact) mass is 361 g/mol. The van der Waals surface area contributed by atoms with Crippen LogP contribution in [0, 0.1) is 0 Å². The molecule has 0 saturated heterocycles. The number of alkyl halides is 3. The fourth-order valence-corrected chi connectivity index (χ4v) is 2.25. The standard InChI is InChI=1S/C14H15BrF3N3/c1-2-5-19-7-10-3-4-13(12(6-10)14(16,17)18)21-9-11(15)8-20-21/h3-4,6,8-9,19H,2,5,7H2,1H3. The van der Waals surface area contributed by atoms with Gasteiger partial charge in [-0.25, -0.2) is 4.68 Å². The van der Waals surface area contributed by atoms with Gasteiger partial charge in [-0.15, -0.1) is 0 Å². The largest absolute Gasteiger partial charge is 0.418 e. The van der Waals surface area contributed by atoms with Crippen molar-refractivity contribution in [1.82, 2.24) is 15.1 Å². The minimum absolute atomic E-state index is 0.0208. The molecular weight excluding hydrogens is 347 g/mol. The van der Waals surface area contributed by atoms with Crippen molar-refractivity contribution in [2.75, 3.05) is 6.54 Å². The molecule has 0 bridgehead atoms. The second-order valence-corrected chi connectivity index (χ2v) is 5.54. The van der Waals surface area contributed by atoms with Crippen molar-refractivity contribution in [2.24, 2.45) is 0 Å². The summed E-state index contributed by atoms with van der Waals surface area (Å²) in [4.78, 5) is 0. The van der Waals surface area contributed by atoms with E-state index in [2.05, 4.69) is 26.3 Å². The third kappa shape index (κ3) is 4.07. The van der Waals surface area contributed by atoms with Gasteiger partial charge >= 0.3 is 6.18 Å². The van der Waals surface area contributed by atoms with E-state index < -0.39 is 11.7 Å². The predicted molar refractivity (Wildman–Crippen MR) is 78.3 cm³/mol. The number of nitrogens with one attached hydrogen (secondary N) is 1. The number of aromatic nitrogens is 2. The Kier molecular flexibility index (Phi) is 5.05. The lowest BCUT2D eigenvalue weighted by Crippen LogP contribution is -2.16. The quantitative estimate of drug-likeness (QED) is 0.810. The van der Waals surface area contributed by atoms with Gasteiger partial charge in [0, 0.05) is 12.7 Å². The number of hydrogen-bond acceptors (Lipinski definition) is 2. The Morgan fingerprint density at radius 2 is 2.10 bits per heavy atom. The molecule has 2 rings (SSSR count). The molecule has 3 nitrogen and oxygen atoms in total. The maximum Gasteiger partial charge on any atom is 0.418 e. The molecule has 1 heterocycles. The van der Waals surface area contributed by atoms with Gasteiger partial charge in [0.25, 0.3) is 0 Å². The van der Waals surface area contributed by atoms with Gasteiger partial charge < -0.3 is 5.32 Å². The van der Waals surface area contributed by atoms with E-state index in [1.807, 2.05) is 6.92 Å². The zero-order chi connectivity index (χ0) is 15.5.